The summed E-state index contributed by atoms with van der Waals surface area (Å²) in [6.45, 7) is 0. The first kappa shape index (κ1) is 34.1. The van der Waals surface area contributed by atoms with Crippen LogP contribution in [-0.4, -0.2) is 20.7 Å². The molecule has 0 aliphatic heterocycles. The third kappa shape index (κ3) is 6.09. The molecule has 0 aliphatic rings. The van der Waals surface area contributed by atoms with Crippen LogP contribution in [0.3, 0.4) is 0 Å². The van der Waals surface area contributed by atoms with Crippen molar-refractivity contribution in [1.82, 2.24) is 15.0 Å². The maximum Gasteiger partial charge on any atom is 0.167 e. The number of hydrogen-bond donors (Lipinski definition) is 2. The van der Waals surface area contributed by atoms with Gasteiger partial charge in [0.15, 0.2) is 17.5 Å². The molecule has 11 aromatic rings. The molecule has 0 saturated heterocycles. The zero-order valence-electron chi connectivity index (χ0n) is 31.6. The summed E-state index contributed by atoms with van der Waals surface area (Å²) < 4.78 is 13.0. The van der Waals surface area contributed by atoms with Gasteiger partial charge in [-0.05, 0) is 65.7 Å². The molecular weight excluding hydrogens is 727 g/mol. The van der Waals surface area contributed by atoms with E-state index < -0.39 is 0 Å². The van der Waals surface area contributed by atoms with Gasteiger partial charge in [0, 0.05) is 49.6 Å². The van der Waals surface area contributed by atoms with Gasteiger partial charge in [-0.3, -0.25) is 5.41 Å². The molecule has 3 aromatic heterocycles. The Morgan fingerprint density at radius 1 is 0.424 bits per heavy atom. The molecule has 3 heterocycles. The van der Waals surface area contributed by atoms with Crippen molar-refractivity contribution in [3.63, 3.8) is 0 Å². The monoisotopic (exact) mass is 759 g/mol. The summed E-state index contributed by atoms with van der Waals surface area (Å²) in [7, 11) is 0. The number of fused-ring (bicyclic) bond motifs is 6. The van der Waals surface area contributed by atoms with Gasteiger partial charge < -0.3 is 14.2 Å². The molecule has 59 heavy (non-hydrogen) atoms. The van der Waals surface area contributed by atoms with Crippen LogP contribution in [0.2, 0.25) is 0 Å². The van der Waals surface area contributed by atoms with Gasteiger partial charge in [0.25, 0.3) is 0 Å². The number of rotatable bonds is 8. The number of furan rings is 2. The number of aromatic nitrogens is 3. The molecule has 7 nitrogen and oxygen atoms in total. The lowest BCUT2D eigenvalue weighted by molar-refractivity contribution is 0.669. The second-order valence-electron chi connectivity index (χ2n) is 14.4. The quantitative estimate of drug-likeness (QED) is 0.150. The van der Waals surface area contributed by atoms with E-state index in [-0.39, 0.29) is 0 Å². The second-order valence-corrected chi connectivity index (χ2v) is 14.4. The fourth-order valence-electron chi connectivity index (χ4n) is 7.91. The Morgan fingerprint density at radius 2 is 0.949 bits per heavy atom. The molecule has 0 bridgehead atoms. The molecule has 7 heteroatoms. The topological polar surface area (TPSA) is 101 Å². The lowest BCUT2D eigenvalue weighted by Crippen LogP contribution is -2.07. The van der Waals surface area contributed by atoms with E-state index in [1.54, 1.807) is 0 Å². The van der Waals surface area contributed by atoms with E-state index >= 15 is 0 Å². The molecule has 0 unspecified atom stereocenters. The van der Waals surface area contributed by atoms with Gasteiger partial charge in [0.1, 0.15) is 22.3 Å². The molecule has 0 saturated carbocycles. The van der Waals surface area contributed by atoms with Crippen LogP contribution in [0.4, 0.5) is 11.4 Å². The predicted octanol–water partition coefficient (Wildman–Crippen LogP) is 13.5. The second kappa shape index (κ2) is 14.1. The summed E-state index contributed by atoms with van der Waals surface area (Å²) in [5, 5.41) is 17.3. The van der Waals surface area contributed by atoms with Crippen LogP contribution in [0.1, 0.15) is 11.1 Å². The Bertz CT molecular complexity index is 3260. The smallest absolute Gasteiger partial charge is 0.167 e. The van der Waals surface area contributed by atoms with Crippen LogP contribution in [0.25, 0.3) is 89.2 Å². The van der Waals surface area contributed by atoms with E-state index in [4.69, 9.17) is 23.8 Å². The summed E-state index contributed by atoms with van der Waals surface area (Å²) in [6.07, 6.45) is 0. The number of nitrogens with one attached hydrogen (secondary N) is 2. The number of hydrogen-bond acceptors (Lipinski definition) is 7. The fraction of sp³-hybridized carbons (Fsp3) is 0. The van der Waals surface area contributed by atoms with Gasteiger partial charge >= 0.3 is 0 Å². The molecular formula is C52H33N5O2. The first-order valence-electron chi connectivity index (χ1n) is 19.4. The lowest BCUT2D eigenvalue weighted by Gasteiger charge is -2.16. The van der Waals surface area contributed by atoms with Crippen molar-refractivity contribution < 1.29 is 8.83 Å². The van der Waals surface area contributed by atoms with Crippen molar-refractivity contribution in [2.75, 3.05) is 5.32 Å². The van der Waals surface area contributed by atoms with E-state index in [1.807, 2.05) is 140 Å². The third-order valence-electron chi connectivity index (χ3n) is 10.8. The molecule has 8 aromatic carbocycles. The van der Waals surface area contributed by atoms with E-state index in [0.717, 1.165) is 77.5 Å². The summed E-state index contributed by atoms with van der Waals surface area (Å²) in [6, 6.07) is 62.5. The molecule has 0 atom stereocenters. The van der Waals surface area contributed by atoms with Gasteiger partial charge in [-0.1, -0.05) is 133 Å². The third-order valence-corrected chi connectivity index (χ3v) is 10.8. The van der Waals surface area contributed by atoms with Gasteiger partial charge in [0.05, 0.1) is 16.8 Å². The SMILES string of the molecule is N=C(c1cccc(-c2nc(-c3cccc4c3oc3ccccc34)nc(-c3cccc4c3oc3ccccc34)n2)c1)c1cc(-c2ccccc2)ccc1Nc1ccccc1. The van der Waals surface area contributed by atoms with Crippen molar-refractivity contribution in [2.24, 2.45) is 0 Å². The van der Waals surface area contributed by atoms with Crippen molar-refractivity contribution in [1.29, 1.82) is 5.41 Å². The Morgan fingerprint density at radius 3 is 1.59 bits per heavy atom. The minimum Gasteiger partial charge on any atom is -0.455 e. The Balaban J connectivity index is 1.08. The predicted molar refractivity (Wildman–Crippen MR) is 238 cm³/mol. The average molecular weight is 760 g/mol. The Hall–Kier alpha value is -8.16. The maximum absolute atomic E-state index is 9.72. The highest BCUT2D eigenvalue weighted by molar-refractivity contribution is 6.15. The number of anilines is 2. The minimum absolute atomic E-state index is 0.358. The highest BCUT2D eigenvalue weighted by atomic mass is 16.3. The Kier molecular flexibility index (Phi) is 8.15. The standard InChI is InChI=1S/C52H33N5O2/c53-47(43-31-33(32-14-3-1-4-15-32)28-29-44(43)54-36-18-5-2-6-19-36)34-16-11-17-35(30-34)50-55-51(41-24-12-22-39-37-20-7-9-26-45(37)58-48(39)41)57-52(56-50)42-25-13-23-40-38-21-8-10-27-46(38)59-49(40)42/h1-31,53-54H. The lowest BCUT2D eigenvalue weighted by atomic mass is 9.95. The van der Waals surface area contributed by atoms with Gasteiger partial charge in [-0.2, -0.15) is 0 Å². The van der Waals surface area contributed by atoms with Crippen LogP contribution in [0.5, 0.6) is 0 Å². The molecule has 0 radical (unpaired) electrons. The van der Waals surface area contributed by atoms with E-state index in [9.17, 15) is 5.41 Å². The van der Waals surface area contributed by atoms with Crippen molar-refractivity contribution in [2.45, 2.75) is 0 Å². The van der Waals surface area contributed by atoms with Crippen LogP contribution < -0.4 is 5.32 Å². The zero-order chi connectivity index (χ0) is 39.3. The molecule has 0 aliphatic carbocycles. The van der Waals surface area contributed by atoms with Crippen molar-refractivity contribution >= 4 is 61.0 Å². The van der Waals surface area contributed by atoms with Crippen LogP contribution in [0, 0.1) is 5.41 Å². The van der Waals surface area contributed by atoms with E-state index in [2.05, 4.69) is 53.8 Å². The maximum atomic E-state index is 9.72. The van der Waals surface area contributed by atoms with Gasteiger partial charge in [-0.15, -0.1) is 0 Å². The molecule has 0 amide bonds. The van der Waals surface area contributed by atoms with E-state index in [1.165, 1.54) is 0 Å². The minimum atomic E-state index is 0.358. The molecule has 11 rings (SSSR count). The highest BCUT2D eigenvalue weighted by Crippen LogP contribution is 2.39. The molecule has 2 N–H and O–H groups in total. The molecule has 278 valence electrons. The molecule has 0 fully saturated rings. The summed E-state index contributed by atoms with van der Waals surface area (Å²) >= 11 is 0. The number of para-hydroxylation sites is 5. The number of benzene rings is 8. The highest BCUT2D eigenvalue weighted by Gasteiger charge is 2.21. The largest absolute Gasteiger partial charge is 0.455 e. The van der Waals surface area contributed by atoms with Crippen LogP contribution in [0.15, 0.2) is 197 Å². The fourth-order valence-corrected chi connectivity index (χ4v) is 7.91. The van der Waals surface area contributed by atoms with E-state index in [0.29, 0.717) is 39.9 Å². The summed E-state index contributed by atoms with van der Waals surface area (Å²) in [5.41, 5.74) is 10.9. The summed E-state index contributed by atoms with van der Waals surface area (Å²) in [4.78, 5) is 15.4. The normalized spacial score (nSPS) is 11.5. The van der Waals surface area contributed by atoms with Crippen molar-refractivity contribution in [3.05, 3.63) is 199 Å². The Labute approximate surface area is 338 Å². The van der Waals surface area contributed by atoms with Gasteiger partial charge in [-0.25, -0.2) is 15.0 Å². The number of nitrogens with zero attached hydrogens (tertiary/aromatic N) is 3. The first-order chi connectivity index (χ1) is 29.1. The molecule has 0 spiro atoms. The van der Waals surface area contributed by atoms with Gasteiger partial charge in [0.2, 0.25) is 0 Å². The van der Waals surface area contributed by atoms with Crippen molar-refractivity contribution in [3.8, 4) is 45.3 Å². The average Bonchev–Trinajstić information content (AvgIpc) is 3.88. The zero-order valence-corrected chi connectivity index (χ0v) is 31.6. The first-order valence-corrected chi connectivity index (χ1v) is 19.4. The van der Waals surface area contributed by atoms with Crippen LogP contribution in [-0.2, 0) is 0 Å². The summed E-state index contributed by atoms with van der Waals surface area (Å²) in [5.74, 6) is 1.39. The van der Waals surface area contributed by atoms with Crippen LogP contribution >= 0.6 is 0 Å².